The van der Waals surface area contributed by atoms with Crippen LogP contribution in [0.1, 0.15) is 58.8 Å². The first-order valence-corrected chi connectivity index (χ1v) is 10.1. The molecule has 0 aliphatic heterocycles. The number of halogens is 1. The lowest BCUT2D eigenvalue weighted by Gasteiger charge is -2.60. The van der Waals surface area contributed by atoms with Crippen molar-refractivity contribution < 1.29 is 15.3 Å². The Morgan fingerprint density at radius 2 is 1.80 bits per heavy atom. The largest absolute Gasteiger partial charge is 0.392 e. The number of rotatable bonds is 0. The molecule has 0 saturated heterocycles. The molecule has 138 valence electrons. The van der Waals surface area contributed by atoms with Crippen molar-refractivity contribution in [2.75, 3.05) is 0 Å². The Balaban J connectivity index is 1.73. The van der Waals surface area contributed by atoms with E-state index >= 15 is 0 Å². The molecule has 8 atom stereocenters. The van der Waals surface area contributed by atoms with Crippen LogP contribution >= 0.6 is 11.6 Å². The average Bonchev–Trinajstić information content (AvgIpc) is 2.81. The zero-order valence-corrected chi connectivity index (χ0v) is 15.9. The molecule has 0 aromatic rings. The summed E-state index contributed by atoms with van der Waals surface area (Å²) in [6.45, 7) is 4.48. The van der Waals surface area contributed by atoms with Gasteiger partial charge in [0.1, 0.15) is 5.60 Å². The van der Waals surface area contributed by atoms with Crippen molar-refractivity contribution >= 4 is 11.6 Å². The van der Waals surface area contributed by atoms with E-state index in [0.29, 0.717) is 18.8 Å². The highest BCUT2D eigenvalue weighted by molar-refractivity contribution is 6.30. The van der Waals surface area contributed by atoms with Crippen LogP contribution in [0.2, 0.25) is 0 Å². The van der Waals surface area contributed by atoms with Crippen LogP contribution in [0.3, 0.4) is 0 Å². The van der Waals surface area contributed by atoms with Crippen molar-refractivity contribution in [1.29, 1.82) is 0 Å². The summed E-state index contributed by atoms with van der Waals surface area (Å²) in [6.07, 6.45) is 7.13. The molecule has 0 radical (unpaired) electrons. The van der Waals surface area contributed by atoms with Gasteiger partial charge in [-0.05, 0) is 79.7 Å². The number of hydrogen-bond acceptors (Lipinski definition) is 3. The second-order valence-corrected chi connectivity index (χ2v) is 9.54. The predicted octanol–water partition coefficient (Wildman–Crippen LogP) is 3.21. The van der Waals surface area contributed by atoms with Gasteiger partial charge >= 0.3 is 0 Å². The molecule has 3 saturated carbocycles. The zero-order chi connectivity index (χ0) is 18.0. The summed E-state index contributed by atoms with van der Waals surface area (Å²) in [6, 6.07) is 0. The molecule has 0 heterocycles. The molecule has 4 aliphatic carbocycles. The molecule has 3 nitrogen and oxygen atoms in total. The fourth-order valence-electron chi connectivity index (χ4n) is 6.98. The standard InChI is InChI=1S/C21H29ClO3/c1-19-6-3-14(23)11-13(19)12-17(24)18-15(19)4-7-20(2)16(18)5-8-21(20,25)9-10-22/h11,14-18,23-25H,3-8,12H2,1-2H3/t14-,15-,16-,17+,18+,19-,20-,21+/m0/s1. The second kappa shape index (κ2) is 5.73. The van der Waals surface area contributed by atoms with Crippen LogP contribution in [-0.4, -0.2) is 33.1 Å². The van der Waals surface area contributed by atoms with Crippen molar-refractivity contribution in [2.45, 2.75) is 76.6 Å². The molecule has 0 aromatic carbocycles. The topological polar surface area (TPSA) is 60.7 Å². The van der Waals surface area contributed by atoms with E-state index in [1.165, 1.54) is 5.57 Å². The maximum atomic E-state index is 11.2. The van der Waals surface area contributed by atoms with E-state index in [-0.39, 0.29) is 28.8 Å². The molecule has 25 heavy (non-hydrogen) atoms. The molecule has 0 aromatic heterocycles. The van der Waals surface area contributed by atoms with E-state index < -0.39 is 11.7 Å². The third-order valence-corrected chi connectivity index (χ3v) is 8.61. The summed E-state index contributed by atoms with van der Waals surface area (Å²) >= 11 is 5.66. The molecular weight excluding hydrogens is 336 g/mol. The number of aliphatic hydroxyl groups is 3. The molecule has 4 rings (SSSR count). The van der Waals surface area contributed by atoms with Crippen molar-refractivity contribution in [3.8, 4) is 11.3 Å². The third kappa shape index (κ3) is 2.31. The smallest absolute Gasteiger partial charge is 0.132 e. The minimum absolute atomic E-state index is 0.0727. The van der Waals surface area contributed by atoms with Gasteiger partial charge < -0.3 is 15.3 Å². The van der Waals surface area contributed by atoms with Crippen LogP contribution in [0.15, 0.2) is 11.6 Å². The lowest BCUT2D eigenvalue weighted by molar-refractivity contribution is -0.136. The first-order chi connectivity index (χ1) is 11.7. The zero-order valence-electron chi connectivity index (χ0n) is 15.1. The normalized spacial score (nSPS) is 54.5. The van der Waals surface area contributed by atoms with Gasteiger partial charge in [-0.1, -0.05) is 31.4 Å². The van der Waals surface area contributed by atoms with Gasteiger partial charge in [-0.3, -0.25) is 0 Å². The van der Waals surface area contributed by atoms with E-state index in [4.69, 9.17) is 11.6 Å². The quantitative estimate of drug-likeness (QED) is 0.457. The maximum Gasteiger partial charge on any atom is 0.132 e. The van der Waals surface area contributed by atoms with Gasteiger partial charge in [-0.2, -0.15) is 0 Å². The molecule has 4 heteroatoms. The molecule has 4 aliphatic rings. The van der Waals surface area contributed by atoms with Gasteiger partial charge in [0.05, 0.1) is 12.2 Å². The Morgan fingerprint density at radius 1 is 1.08 bits per heavy atom. The molecular formula is C21H29ClO3. The summed E-state index contributed by atoms with van der Waals surface area (Å²) in [5, 5.41) is 34.7. The number of aliphatic hydroxyl groups excluding tert-OH is 2. The highest BCUT2D eigenvalue weighted by Crippen LogP contribution is 2.67. The van der Waals surface area contributed by atoms with E-state index in [9.17, 15) is 15.3 Å². The van der Waals surface area contributed by atoms with Crippen molar-refractivity contribution in [2.24, 2.45) is 28.6 Å². The average molecular weight is 365 g/mol. The van der Waals surface area contributed by atoms with Crippen LogP contribution in [0.25, 0.3) is 0 Å². The maximum absolute atomic E-state index is 11.2. The van der Waals surface area contributed by atoms with Crippen LogP contribution in [0, 0.1) is 39.9 Å². The van der Waals surface area contributed by atoms with Gasteiger partial charge in [-0.15, -0.1) is 0 Å². The van der Waals surface area contributed by atoms with Crippen LogP contribution < -0.4 is 0 Å². The number of fused-ring (bicyclic) bond motifs is 5. The van der Waals surface area contributed by atoms with Gasteiger partial charge in [0.2, 0.25) is 0 Å². The van der Waals surface area contributed by atoms with Gasteiger partial charge in [0.25, 0.3) is 0 Å². The Kier molecular flexibility index (Phi) is 4.10. The minimum atomic E-state index is -1.04. The van der Waals surface area contributed by atoms with Gasteiger partial charge in [0.15, 0.2) is 0 Å². The Bertz CT molecular complexity index is 664. The highest BCUT2D eigenvalue weighted by atomic mass is 35.5. The first-order valence-electron chi connectivity index (χ1n) is 9.68. The Hall–Kier alpha value is -0.530. The first kappa shape index (κ1) is 17.9. The lowest BCUT2D eigenvalue weighted by atomic mass is 9.45. The summed E-state index contributed by atoms with van der Waals surface area (Å²) in [5.74, 6) is 3.77. The SMILES string of the molecule is C[C@]12CC[C@H](O)C=C1C[C@@H](O)[C@@H]1[C@@H]2CC[C@@]2(C)[C@H]1CC[C@@]2(O)C#CCl. The predicted molar refractivity (Wildman–Crippen MR) is 97.7 cm³/mol. The Morgan fingerprint density at radius 3 is 2.52 bits per heavy atom. The van der Waals surface area contributed by atoms with Crippen LogP contribution in [0.4, 0.5) is 0 Å². The summed E-state index contributed by atoms with van der Waals surface area (Å²) in [7, 11) is 0. The van der Waals surface area contributed by atoms with E-state index in [1.807, 2.05) is 6.08 Å². The molecule has 0 spiro atoms. The third-order valence-electron chi connectivity index (χ3n) is 8.52. The highest BCUT2D eigenvalue weighted by Gasteiger charge is 2.65. The summed E-state index contributed by atoms with van der Waals surface area (Å²) < 4.78 is 0. The molecule has 3 fully saturated rings. The van der Waals surface area contributed by atoms with Gasteiger partial charge in [-0.25, -0.2) is 0 Å². The van der Waals surface area contributed by atoms with E-state index in [1.54, 1.807) is 0 Å². The van der Waals surface area contributed by atoms with Crippen molar-refractivity contribution in [3.05, 3.63) is 11.6 Å². The van der Waals surface area contributed by atoms with Crippen LogP contribution in [-0.2, 0) is 0 Å². The van der Waals surface area contributed by atoms with E-state index in [2.05, 4.69) is 25.1 Å². The second-order valence-electron chi connectivity index (χ2n) is 9.35. The van der Waals surface area contributed by atoms with Gasteiger partial charge in [0, 0.05) is 10.8 Å². The van der Waals surface area contributed by atoms with Crippen LogP contribution in [0.5, 0.6) is 0 Å². The summed E-state index contributed by atoms with van der Waals surface area (Å²) in [4.78, 5) is 0. The van der Waals surface area contributed by atoms with Crippen molar-refractivity contribution in [1.82, 2.24) is 0 Å². The fraction of sp³-hybridized carbons (Fsp3) is 0.810. The summed E-state index contributed by atoms with van der Waals surface area (Å²) in [5.41, 5.74) is -0.0202. The van der Waals surface area contributed by atoms with Crippen molar-refractivity contribution in [3.63, 3.8) is 0 Å². The fourth-order valence-corrected chi connectivity index (χ4v) is 7.13. The molecule has 3 N–H and O–H groups in total. The monoisotopic (exact) mass is 364 g/mol. The van der Waals surface area contributed by atoms with E-state index in [0.717, 1.165) is 32.1 Å². The number of hydrogen-bond donors (Lipinski definition) is 3. The minimum Gasteiger partial charge on any atom is -0.392 e. The lowest BCUT2D eigenvalue weighted by Crippen LogP contribution is -2.58. The molecule has 0 amide bonds. The molecule has 0 bridgehead atoms. The molecule has 0 unspecified atom stereocenters. The Labute approximate surface area is 155 Å².